The highest BCUT2D eigenvalue weighted by Gasteiger charge is 2.15. The molecule has 0 aliphatic rings. The molecule has 0 fully saturated rings. The summed E-state index contributed by atoms with van der Waals surface area (Å²) in [7, 11) is 0. The van der Waals surface area contributed by atoms with Gasteiger partial charge in [0.15, 0.2) is 10.1 Å². The van der Waals surface area contributed by atoms with E-state index in [-0.39, 0.29) is 5.88 Å². The maximum absolute atomic E-state index is 10.4. The lowest BCUT2D eigenvalue weighted by atomic mass is 10.4. The van der Waals surface area contributed by atoms with Crippen molar-refractivity contribution >= 4 is 29.0 Å². The first kappa shape index (κ1) is 11.2. The lowest BCUT2D eigenvalue weighted by molar-refractivity contribution is -0.401. The lowest BCUT2D eigenvalue weighted by Gasteiger charge is -1.89. The van der Waals surface area contributed by atoms with Crippen LogP contribution in [0.3, 0.4) is 0 Å². The van der Waals surface area contributed by atoms with Crippen molar-refractivity contribution in [2.24, 2.45) is 0 Å². The molecule has 5 nitrogen and oxygen atoms in total. The molecule has 0 atom stereocenters. The van der Waals surface area contributed by atoms with Crippen LogP contribution in [0.4, 0.5) is 5.88 Å². The smallest absolute Gasteiger partial charge is 0.399 e. The summed E-state index contributed by atoms with van der Waals surface area (Å²) in [5.41, 5.74) is 0.647. The van der Waals surface area contributed by atoms with E-state index in [1.165, 1.54) is 17.4 Å². The van der Waals surface area contributed by atoms with Gasteiger partial charge in [-0.3, -0.25) is 10.1 Å². The van der Waals surface area contributed by atoms with Crippen LogP contribution in [-0.4, -0.2) is 15.7 Å². The monoisotopic (exact) mass is 256 g/mol. The summed E-state index contributed by atoms with van der Waals surface area (Å²) in [4.78, 5) is 14.2. The highest BCUT2D eigenvalue weighted by atomic mass is 32.2. The van der Waals surface area contributed by atoms with Gasteiger partial charge in [-0.15, -0.1) is 11.3 Å². The average molecular weight is 256 g/mol. The Morgan fingerprint density at radius 3 is 3.06 bits per heavy atom. The summed E-state index contributed by atoms with van der Waals surface area (Å²) in [5.74, 6) is 1.13. The van der Waals surface area contributed by atoms with Crippen molar-refractivity contribution in [2.75, 3.05) is 5.75 Å². The van der Waals surface area contributed by atoms with Gasteiger partial charge in [-0.25, -0.2) is 4.98 Å². The van der Waals surface area contributed by atoms with Crippen LogP contribution in [0.1, 0.15) is 6.92 Å². The molecule has 0 N–H and O–H groups in total. The molecule has 0 aromatic carbocycles. The van der Waals surface area contributed by atoms with E-state index in [4.69, 9.17) is 4.42 Å². The third-order valence-electron chi connectivity index (χ3n) is 1.78. The Morgan fingerprint density at radius 2 is 2.44 bits per heavy atom. The van der Waals surface area contributed by atoms with Crippen LogP contribution in [0, 0.1) is 10.1 Å². The predicted molar refractivity (Wildman–Crippen MR) is 62.9 cm³/mol. The number of thioether (sulfide) groups is 1. The zero-order valence-electron chi connectivity index (χ0n) is 8.37. The Labute approximate surface area is 99.6 Å². The lowest BCUT2D eigenvalue weighted by Crippen LogP contribution is -1.82. The second-order valence-electron chi connectivity index (χ2n) is 2.83. The van der Waals surface area contributed by atoms with Crippen LogP contribution >= 0.6 is 23.1 Å². The Bertz CT molecular complexity index is 506. The average Bonchev–Trinajstić information content (AvgIpc) is 2.84. The molecule has 0 aliphatic heterocycles. The third-order valence-corrected chi connectivity index (χ3v) is 3.68. The van der Waals surface area contributed by atoms with E-state index in [0.717, 1.165) is 10.1 Å². The van der Waals surface area contributed by atoms with Crippen LogP contribution in [0.15, 0.2) is 26.3 Å². The molecule has 0 amide bonds. The van der Waals surface area contributed by atoms with Crippen LogP contribution < -0.4 is 0 Å². The van der Waals surface area contributed by atoms with Gasteiger partial charge in [0.1, 0.15) is 10.6 Å². The molecular weight excluding hydrogens is 248 g/mol. The first-order valence-electron chi connectivity index (χ1n) is 4.53. The minimum atomic E-state index is -0.558. The standard InChI is InChI=1S/C9H8N2O3S2/c1-2-15-9-10-6(5-16-9)7-3-4-8(14-7)11(12)13/h3-5H,2H2,1H3. The van der Waals surface area contributed by atoms with Gasteiger partial charge in [-0.1, -0.05) is 18.7 Å². The summed E-state index contributed by atoms with van der Waals surface area (Å²) in [6.07, 6.45) is 0. The molecule has 0 saturated heterocycles. The largest absolute Gasteiger partial charge is 0.433 e. The summed E-state index contributed by atoms with van der Waals surface area (Å²) >= 11 is 3.14. The van der Waals surface area contributed by atoms with Crippen molar-refractivity contribution in [1.29, 1.82) is 0 Å². The first-order chi connectivity index (χ1) is 7.70. The SMILES string of the molecule is CCSc1nc(-c2ccc([N+](=O)[O-])o2)cs1. The van der Waals surface area contributed by atoms with E-state index in [1.54, 1.807) is 17.8 Å². The van der Waals surface area contributed by atoms with Gasteiger partial charge >= 0.3 is 5.88 Å². The van der Waals surface area contributed by atoms with Gasteiger partial charge in [-0.2, -0.15) is 0 Å². The molecule has 2 aromatic heterocycles. The zero-order valence-corrected chi connectivity index (χ0v) is 10.0. The maximum Gasteiger partial charge on any atom is 0.433 e. The second kappa shape index (κ2) is 4.67. The Balaban J connectivity index is 2.24. The predicted octanol–water partition coefficient (Wildman–Crippen LogP) is 3.42. The topological polar surface area (TPSA) is 69.2 Å². The summed E-state index contributed by atoms with van der Waals surface area (Å²) in [6, 6.07) is 2.90. The fourth-order valence-corrected chi connectivity index (χ4v) is 2.84. The highest BCUT2D eigenvalue weighted by Crippen LogP contribution is 2.30. The fourth-order valence-electron chi connectivity index (χ4n) is 1.12. The van der Waals surface area contributed by atoms with Crippen LogP contribution in [0.25, 0.3) is 11.5 Å². The molecule has 16 heavy (non-hydrogen) atoms. The first-order valence-corrected chi connectivity index (χ1v) is 6.40. The van der Waals surface area contributed by atoms with E-state index in [0.29, 0.717) is 11.5 Å². The number of nitrogens with zero attached hydrogens (tertiary/aromatic N) is 2. The molecule has 2 rings (SSSR count). The minimum Gasteiger partial charge on any atom is -0.399 e. The molecule has 0 saturated carbocycles. The van der Waals surface area contributed by atoms with Gasteiger partial charge in [0.2, 0.25) is 0 Å². The number of hydrogen-bond donors (Lipinski definition) is 0. The van der Waals surface area contributed by atoms with Crippen molar-refractivity contribution in [3.63, 3.8) is 0 Å². The number of aromatic nitrogens is 1. The molecule has 7 heteroatoms. The Morgan fingerprint density at radius 1 is 1.62 bits per heavy atom. The quantitative estimate of drug-likeness (QED) is 0.476. The highest BCUT2D eigenvalue weighted by molar-refractivity contribution is 8.00. The molecule has 0 radical (unpaired) electrons. The number of hydrogen-bond acceptors (Lipinski definition) is 6. The van der Waals surface area contributed by atoms with E-state index in [1.807, 2.05) is 12.3 Å². The molecule has 2 heterocycles. The fraction of sp³-hybridized carbons (Fsp3) is 0.222. The van der Waals surface area contributed by atoms with Crippen LogP contribution in [-0.2, 0) is 0 Å². The zero-order chi connectivity index (χ0) is 11.5. The number of rotatable bonds is 4. The van der Waals surface area contributed by atoms with E-state index in [9.17, 15) is 10.1 Å². The van der Waals surface area contributed by atoms with Crippen molar-refractivity contribution in [3.05, 3.63) is 27.6 Å². The van der Waals surface area contributed by atoms with Gasteiger partial charge < -0.3 is 4.42 Å². The molecule has 0 aliphatic carbocycles. The Hall–Kier alpha value is -1.34. The van der Waals surface area contributed by atoms with Gasteiger partial charge in [-0.05, 0) is 11.8 Å². The summed E-state index contributed by atoms with van der Waals surface area (Å²) < 4.78 is 6.00. The third kappa shape index (κ3) is 2.25. The molecule has 0 bridgehead atoms. The van der Waals surface area contributed by atoms with Crippen LogP contribution in [0.5, 0.6) is 0 Å². The van der Waals surface area contributed by atoms with Gasteiger partial charge in [0.25, 0.3) is 0 Å². The molecule has 0 spiro atoms. The second-order valence-corrected chi connectivity index (χ2v) is 5.20. The number of thiazole rings is 1. The van der Waals surface area contributed by atoms with Gasteiger partial charge in [0.05, 0.1) is 6.07 Å². The maximum atomic E-state index is 10.4. The summed E-state index contributed by atoms with van der Waals surface area (Å²) in [5, 5.41) is 12.3. The molecule has 0 unspecified atom stereocenters. The molecule has 84 valence electrons. The van der Waals surface area contributed by atoms with Crippen molar-refractivity contribution in [2.45, 2.75) is 11.3 Å². The number of furan rings is 1. The van der Waals surface area contributed by atoms with Crippen molar-refractivity contribution in [3.8, 4) is 11.5 Å². The van der Waals surface area contributed by atoms with Crippen molar-refractivity contribution in [1.82, 2.24) is 4.98 Å². The number of nitro groups is 1. The summed E-state index contributed by atoms with van der Waals surface area (Å²) in [6.45, 7) is 2.05. The van der Waals surface area contributed by atoms with E-state index >= 15 is 0 Å². The molecular formula is C9H8N2O3S2. The minimum absolute atomic E-state index is 0.257. The van der Waals surface area contributed by atoms with E-state index in [2.05, 4.69) is 4.98 Å². The normalized spacial score (nSPS) is 10.6. The van der Waals surface area contributed by atoms with E-state index < -0.39 is 4.92 Å². The van der Waals surface area contributed by atoms with Crippen LogP contribution in [0.2, 0.25) is 0 Å². The molecule has 2 aromatic rings. The van der Waals surface area contributed by atoms with Crippen molar-refractivity contribution < 1.29 is 9.34 Å². The van der Waals surface area contributed by atoms with Gasteiger partial charge in [0, 0.05) is 5.38 Å². The Kier molecular flexibility index (Phi) is 3.25.